The summed E-state index contributed by atoms with van der Waals surface area (Å²) in [7, 11) is 0. The van der Waals surface area contributed by atoms with Crippen LogP contribution in [0, 0.1) is 6.92 Å². The van der Waals surface area contributed by atoms with Crippen LogP contribution in [0.25, 0.3) is 17.1 Å². The van der Waals surface area contributed by atoms with Crippen LogP contribution in [0.1, 0.15) is 32.3 Å². The number of nitrogens with zero attached hydrogens (tertiary/aromatic N) is 4. The molecule has 3 aromatic rings. The van der Waals surface area contributed by atoms with Crippen molar-refractivity contribution in [1.82, 2.24) is 25.0 Å². The van der Waals surface area contributed by atoms with Gasteiger partial charge in [0, 0.05) is 30.4 Å². The average Bonchev–Trinajstić information content (AvgIpc) is 3.28. The van der Waals surface area contributed by atoms with Gasteiger partial charge in [-0.2, -0.15) is 0 Å². The van der Waals surface area contributed by atoms with Crippen molar-refractivity contribution < 1.29 is 9.53 Å². The summed E-state index contributed by atoms with van der Waals surface area (Å²) >= 11 is 1.41. The van der Waals surface area contributed by atoms with Crippen LogP contribution in [0.3, 0.4) is 0 Å². The highest BCUT2D eigenvalue weighted by atomic mass is 32.2. The highest BCUT2D eigenvalue weighted by molar-refractivity contribution is 7.99. The molecule has 1 fully saturated rings. The molecule has 0 bridgehead atoms. The Bertz CT molecular complexity index is 1090. The number of piperidine rings is 1. The van der Waals surface area contributed by atoms with Crippen LogP contribution in [0.5, 0.6) is 5.75 Å². The highest BCUT2D eigenvalue weighted by Gasteiger charge is 2.21. The number of aromatic nitrogens is 3. The van der Waals surface area contributed by atoms with Crippen LogP contribution >= 0.6 is 11.8 Å². The minimum atomic E-state index is 0.0401. The van der Waals surface area contributed by atoms with Gasteiger partial charge >= 0.3 is 0 Å². The zero-order valence-corrected chi connectivity index (χ0v) is 21.0. The molecule has 1 aliphatic rings. The van der Waals surface area contributed by atoms with Crippen molar-refractivity contribution >= 4 is 17.7 Å². The molecule has 2 heterocycles. The number of nitrogens with one attached hydrogen (secondary N) is 1. The number of rotatable bonds is 9. The molecule has 1 aliphatic heterocycles. The second-order valence-corrected chi connectivity index (χ2v) is 9.45. The summed E-state index contributed by atoms with van der Waals surface area (Å²) < 4.78 is 7.62. The number of amides is 1. The summed E-state index contributed by atoms with van der Waals surface area (Å²) in [4.78, 5) is 15.1. The van der Waals surface area contributed by atoms with Crippen LogP contribution in [0.2, 0.25) is 0 Å². The van der Waals surface area contributed by atoms with E-state index in [0.29, 0.717) is 17.5 Å². The molecule has 8 heteroatoms. The predicted octanol–water partition coefficient (Wildman–Crippen LogP) is 4.33. The molecule has 0 aliphatic carbocycles. The summed E-state index contributed by atoms with van der Waals surface area (Å²) in [5.41, 5.74) is 3.07. The Morgan fingerprint density at radius 1 is 1.12 bits per heavy atom. The molecule has 7 nitrogen and oxygen atoms in total. The molecule has 1 aromatic heterocycles. The Morgan fingerprint density at radius 3 is 2.56 bits per heavy atom. The minimum Gasteiger partial charge on any atom is -0.494 e. The van der Waals surface area contributed by atoms with Crippen LogP contribution < -0.4 is 10.1 Å². The number of thioether (sulfide) groups is 1. The van der Waals surface area contributed by atoms with Crippen molar-refractivity contribution in [2.24, 2.45) is 0 Å². The molecule has 1 saturated heterocycles. The van der Waals surface area contributed by atoms with Crippen molar-refractivity contribution in [1.29, 1.82) is 0 Å². The maximum atomic E-state index is 12.7. The molecule has 34 heavy (non-hydrogen) atoms. The zero-order chi connectivity index (χ0) is 23.9. The van der Waals surface area contributed by atoms with Gasteiger partial charge in [-0.3, -0.25) is 9.36 Å². The smallest absolute Gasteiger partial charge is 0.230 e. The molecule has 1 N–H and O–H groups in total. The Labute approximate surface area is 205 Å². The zero-order valence-electron chi connectivity index (χ0n) is 20.2. The van der Waals surface area contributed by atoms with Crippen molar-refractivity contribution in [3.8, 4) is 22.8 Å². The Hall–Kier alpha value is -2.84. The third-order valence-electron chi connectivity index (χ3n) is 6.05. The van der Waals surface area contributed by atoms with E-state index in [1.54, 1.807) is 0 Å². The summed E-state index contributed by atoms with van der Waals surface area (Å²) in [6.07, 6.45) is 2.01. The molecule has 0 spiro atoms. The number of hydrogen-bond donors (Lipinski definition) is 1. The van der Waals surface area contributed by atoms with Gasteiger partial charge in [-0.05, 0) is 63.6 Å². The number of aryl methyl sites for hydroxylation is 1. The Kier molecular flexibility index (Phi) is 8.24. The van der Waals surface area contributed by atoms with Gasteiger partial charge in [-0.25, -0.2) is 0 Å². The van der Waals surface area contributed by atoms with Crippen molar-refractivity contribution in [2.75, 3.05) is 32.0 Å². The van der Waals surface area contributed by atoms with Crippen molar-refractivity contribution in [2.45, 2.75) is 44.8 Å². The first-order chi connectivity index (χ1) is 16.6. The molecule has 2 aromatic carbocycles. The topological polar surface area (TPSA) is 72.3 Å². The molecule has 1 amide bonds. The molecular weight excluding hydrogens is 446 g/mol. The Balaban J connectivity index is 1.52. The second-order valence-electron chi connectivity index (χ2n) is 8.50. The van der Waals surface area contributed by atoms with E-state index in [0.717, 1.165) is 60.9 Å². The van der Waals surface area contributed by atoms with Crippen LogP contribution in [0.15, 0.2) is 53.7 Å². The molecule has 4 rings (SSSR count). The van der Waals surface area contributed by atoms with Gasteiger partial charge in [0.1, 0.15) is 5.75 Å². The first-order valence-corrected chi connectivity index (χ1v) is 13.0. The highest BCUT2D eigenvalue weighted by Crippen LogP contribution is 2.29. The first-order valence-electron chi connectivity index (χ1n) is 12.0. The number of ether oxygens (including phenoxy) is 1. The number of carbonyl (C=O) groups excluding carboxylic acids is 1. The molecule has 180 valence electrons. The van der Waals surface area contributed by atoms with E-state index in [2.05, 4.69) is 46.4 Å². The second kappa shape index (κ2) is 11.5. The van der Waals surface area contributed by atoms with Crippen molar-refractivity contribution in [3.63, 3.8) is 0 Å². The molecular formula is C26H33N5O2S. The maximum absolute atomic E-state index is 12.7. The molecule has 0 atom stereocenters. The van der Waals surface area contributed by atoms with Crippen LogP contribution in [-0.4, -0.2) is 63.6 Å². The summed E-state index contributed by atoms with van der Waals surface area (Å²) in [6.45, 7) is 9.99. The lowest BCUT2D eigenvalue weighted by atomic mass is 10.1. The average molecular weight is 480 g/mol. The first kappa shape index (κ1) is 24.3. The fourth-order valence-corrected chi connectivity index (χ4v) is 4.98. The van der Waals surface area contributed by atoms with Gasteiger partial charge < -0.3 is 15.0 Å². The van der Waals surface area contributed by atoms with E-state index in [9.17, 15) is 4.79 Å². The van der Waals surface area contributed by atoms with Gasteiger partial charge in [0.2, 0.25) is 5.91 Å². The maximum Gasteiger partial charge on any atom is 0.230 e. The van der Waals surface area contributed by atoms with Gasteiger partial charge in [0.15, 0.2) is 11.0 Å². The van der Waals surface area contributed by atoms with Crippen molar-refractivity contribution in [3.05, 3.63) is 54.1 Å². The summed E-state index contributed by atoms with van der Waals surface area (Å²) in [6, 6.07) is 16.4. The normalized spacial score (nSPS) is 14.8. The number of carbonyl (C=O) groups is 1. The molecule has 0 radical (unpaired) electrons. The van der Waals surface area contributed by atoms with Gasteiger partial charge in [-0.1, -0.05) is 42.4 Å². The van der Waals surface area contributed by atoms with Gasteiger partial charge in [0.25, 0.3) is 0 Å². The van der Waals surface area contributed by atoms with E-state index in [4.69, 9.17) is 4.74 Å². The Morgan fingerprint density at radius 2 is 1.88 bits per heavy atom. The SMILES string of the molecule is CCOc1ccc(-n2c(SCC(=O)NC3CCN(CC)CC3)nnc2-c2cccc(C)c2)cc1. The van der Waals surface area contributed by atoms with E-state index in [-0.39, 0.29) is 11.9 Å². The largest absolute Gasteiger partial charge is 0.494 e. The van der Waals surface area contributed by atoms with E-state index >= 15 is 0 Å². The minimum absolute atomic E-state index is 0.0401. The fraction of sp³-hybridized carbons (Fsp3) is 0.423. The summed E-state index contributed by atoms with van der Waals surface area (Å²) in [5.74, 6) is 1.91. The van der Waals surface area contributed by atoms with E-state index < -0.39 is 0 Å². The van der Waals surface area contributed by atoms with Crippen LogP contribution in [-0.2, 0) is 4.79 Å². The van der Waals surface area contributed by atoms with E-state index in [1.165, 1.54) is 11.8 Å². The third-order valence-corrected chi connectivity index (χ3v) is 6.98. The summed E-state index contributed by atoms with van der Waals surface area (Å²) in [5, 5.41) is 12.8. The number of likely N-dealkylation sites (tertiary alicyclic amines) is 1. The fourth-order valence-electron chi connectivity index (χ4n) is 4.22. The van der Waals surface area contributed by atoms with E-state index in [1.807, 2.05) is 47.9 Å². The lowest BCUT2D eigenvalue weighted by Gasteiger charge is -2.31. The standard InChI is InChI=1S/C26H33N5O2S/c1-4-30-15-13-21(14-16-30)27-24(32)18-34-26-29-28-25(20-8-6-7-19(3)17-20)31(26)22-9-11-23(12-10-22)33-5-2/h6-12,17,21H,4-5,13-16,18H2,1-3H3,(H,27,32). The lowest BCUT2D eigenvalue weighted by Crippen LogP contribution is -2.45. The molecule has 0 unspecified atom stereocenters. The quantitative estimate of drug-likeness (QED) is 0.461. The predicted molar refractivity (Wildman–Crippen MR) is 137 cm³/mol. The van der Waals surface area contributed by atoms with Gasteiger partial charge in [-0.15, -0.1) is 10.2 Å². The van der Waals surface area contributed by atoms with Gasteiger partial charge in [0.05, 0.1) is 12.4 Å². The molecule has 0 saturated carbocycles. The monoisotopic (exact) mass is 479 g/mol. The number of benzene rings is 2. The lowest BCUT2D eigenvalue weighted by molar-refractivity contribution is -0.119. The third kappa shape index (κ3) is 5.98. The van der Waals surface area contributed by atoms with Crippen LogP contribution in [0.4, 0.5) is 0 Å². The number of hydrogen-bond acceptors (Lipinski definition) is 6.